The van der Waals surface area contributed by atoms with Crippen LogP contribution < -0.4 is 9.74 Å². The van der Waals surface area contributed by atoms with Crippen molar-refractivity contribution in [2.24, 2.45) is 0 Å². The first-order chi connectivity index (χ1) is 8.56. The Morgan fingerprint density at radius 2 is 2.17 bits per heavy atom. The Balaban J connectivity index is 2.94. The maximum absolute atomic E-state index is 11.9. The Bertz CT molecular complexity index is 681. The highest BCUT2D eigenvalue weighted by molar-refractivity contribution is 7.94. The fourth-order valence-electron chi connectivity index (χ4n) is 1.74. The number of carbonyl (C=O) groups excluding carboxylic acids is 1. The van der Waals surface area contributed by atoms with Gasteiger partial charge >= 0.3 is 0 Å². The van der Waals surface area contributed by atoms with Crippen LogP contribution in [0, 0.1) is 0 Å². The standard InChI is InChI=1S/C12H10ClNO3S/c1-6(15)9-11(17-18-2)7-4-3-5-8(13)10(7)14-12(9)16/h3-5H,1-2H3,(H,14,16). The van der Waals surface area contributed by atoms with E-state index in [2.05, 4.69) is 4.98 Å². The summed E-state index contributed by atoms with van der Waals surface area (Å²) in [6, 6.07) is 5.14. The molecule has 94 valence electrons. The number of pyridine rings is 1. The number of fused-ring (bicyclic) bond motifs is 1. The van der Waals surface area contributed by atoms with Crippen molar-refractivity contribution in [3.63, 3.8) is 0 Å². The first kappa shape index (κ1) is 13.0. The van der Waals surface area contributed by atoms with Crippen molar-refractivity contribution < 1.29 is 8.98 Å². The lowest BCUT2D eigenvalue weighted by atomic mass is 10.1. The summed E-state index contributed by atoms with van der Waals surface area (Å²) in [7, 11) is 0. The van der Waals surface area contributed by atoms with Gasteiger partial charge in [0.1, 0.15) is 5.56 Å². The van der Waals surface area contributed by atoms with Crippen LogP contribution in [0.15, 0.2) is 23.0 Å². The molecule has 2 aromatic rings. The van der Waals surface area contributed by atoms with Crippen molar-refractivity contribution in [3.05, 3.63) is 39.1 Å². The van der Waals surface area contributed by atoms with Crippen LogP contribution in [0.4, 0.5) is 0 Å². The van der Waals surface area contributed by atoms with Gasteiger partial charge in [0.2, 0.25) is 0 Å². The Morgan fingerprint density at radius 3 is 2.78 bits per heavy atom. The predicted octanol–water partition coefficient (Wildman–Crippen LogP) is 3.04. The van der Waals surface area contributed by atoms with Crippen molar-refractivity contribution in [2.75, 3.05) is 6.26 Å². The van der Waals surface area contributed by atoms with E-state index in [1.807, 2.05) is 0 Å². The molecule has 0 spiro atoms. The summed E-state index contributed by atoms with van der Waals surface area (Å²) in [5.41, 5.74) is -0.00974. The molecule has 4 nitrogen and oxygen atoms in total. The highest BCUT2D eigenvalue weighted by atomic mass is 35.5. The number of rotatable bonds is 3. The van der Waals surface area contributed by atoms with Gasteiger partial charge in [-0.3, -0.25) is 9.59 Å². The zero-order chi connectivity index (χ0) is 13.3. The van der Waals surface area contributed by atoms with Crippen LogP contribution in [0.25, 0.3) is 10.9 Å². The summed E-state index contributed by atoms with van der Waals surface area (Å²) in [5, 5.41) is 1.02. The van der Waals surface area contributed by atoms with Gasteiger partial charge in [-0.1, -0.05) is 17.7 Å². The van der Waals surface area contributed by atoms with Gasteiger partial charge in [-0.05, 0) is 19.1 Å². The van der Waals surface area contributed by atoms with E-state index in [4.69, 9.17) is 15.8 Å². The fourth-order valence-corrected chi connectivity index (χ4v) is 2.31. The number of Topliss-reactive ketones (excluding diaryl/α,β-unsaturated/α-hetero) is 1. The monoisotopic (exact) mass is 283 g/mol. The molecule has 0 aliphatic heterocycles. The number of H-pyrrole nitrogens is 1. The van der Waals surface area contributed by atoms with Crippen molar-refractivity contribution in [1.82, 2.24) is 4.98 Å². The topological polar surface area (TPSA) is 59.2 Å². The highest BCUT2D eigenvalue weighted by Crippen LogP contribution is 2.32. The van der Waals surface area contributed by atoms with Gasteiger partial charge in [-0.15, -0.1) is 0 Å². The minimum atomic E-state index is -0.493. The molecule has 0 atom stereocenters. The molecule has 1 aromatic carbocycles. The highest BCUT2D eigenvalue weighted by Gasteiger charge is 2.19. The van der Waals surface area contributed by atoms with Gasteiger partial charge in [0.25, 0.3) is 5.56 Å². The number of halogens is 1. The number of hydrogen-bond acceptors (Lipinski definition) is 4. The van der Waals surface area contributed by atoms with Crippen LogP contribution >= 0.6 is 23.6 Å². The summed E-state index contributed by atoms with van der Waals surface area (Å²) < 4.78 is 5.36. The third-order valence-electron chi connectivity index (χ3n) is 2.47. The van der Waals surface area contributed by atoms with Gasteiger partial charge < -0.3 is 9.17 Å². The van der Waals surface area contributed by atoms with Gasteiger partial charge in [-0.25, -0.2) is 0 Å². The lowest BCUT2D eigenvalue weighted by Gasteiger charge is -2.10. The smallest absolute Gasteiger partial charge is 0.263 e. The van der Waals surface area contributed by atoms with Crippen molar-refractivity contribution in [1.29, 1.82) is 0 Å². The zero-order valence-corrected chi connectivity index (χ0v) is 11.3. The lowest BCUT2D eigenvalue weighted by Crippen LogP contribution is -2.17. The maximum Gasteiger partial charge on any atom is 0.263 e. The average molecular weight is 284 g/mol. The number of carbonyl (C=O) groups is 1. The Hall–Kier alpha value is -1.46. The molecule has 6 heteroatoms. The normalized spacial score (nSPS) is 10.6. The third-order valence-corrected chi connectivity index (χ3v) is 3.12. The minimum Gasteiger partial charge on any atom is -0.424 e. The summed E-state index contributed by atoms with van der Waals surface area (Å²) in [6.45, 7) is 1.33. The number of hydrogen-bond donors (Lipinski definition) is 1. The van der Waals surface area contributed by atoms with E-state index in [0.29, 0.717) is 15.9 Å². The van der Waals surface area contributed by atoms with Crippen molar-refractivity contribution in [3.8, 4) is 5.75 Å². The van der Waals surface area contributed by atoms with E-state index in [0.717, 1.165) is 12.0 Å². The Morgan fingerprint density at radius 1 is 1.44 bits per heavy atom. The Labute approximate surface area is 112 Å². The fraction of sp³-hybridized carbons (Fsp3) is 0.167. The quantitative estimate of drug-likeness (QED) is 0.695. The van der Waals surface area contributed by atoms with E-state index < -0.39 is 5.56 Å². The number of aromatic nitrogens is 1. The number of nitrogens with one attached hydrogen (secondary N) is 1. The average Bonchev–Trinajstić information content (AvgIpc) is 2.30. The summed E-state index contributed by atoms with van der Waals surface area (Å²) in [4.78, 5) is 26.1. The van der Waals surface area contributed by atoms with E-state index in [1.54, 1.807) is 24.5 Å². The molecule has 0 saturated heterocycles. The molecule has 0 amide bonds. The molecule has 0 aliphatic rings. The van der Waals surface area contributed by atoms with E-state index in [1.165, 1.54) is 6.92 Å². The van der Waals surface area contributed by atoms with Gasteiger partial charge in [0.15, 0.2) is 11.5 Å². The Kier molecular flexibility index (Phi) is 3.63. The van der Waals surface area contributed by atoms with Crippen LogP contribution in [0.5, 0.6) is 5.75 Å². The molecule has 1 aromatic heterocycles. The van der Waals surface area contributed by atoms with Crippen molar-refractivity contribution in [2.45, 2.75) is 6.92 Å². The summed E-state index contributed by atoms with van der Waals surface area (Å²) in [5.74, 6) is -0.0848. The molecule has 0 saturated carbocycles. The van der Waals surface area contributed by atoms with Crippen LogP contribution in [0.1, 0.15) is 17.3 Å². The lowest BCUT2D eigenvalue weighted by molar-refractivity contribution is 0.101. The number of para-hydroxylation sites is 1. The second-order valence-electron chi connectivity index (χ2n) is 3.63. The van der Waals surface area contributed by atoms with Gasteiger partial charge in [0, 0.05) is 11.6 Å². The number of ketones is 1. The molecule has 1 heterocycles. The summed E-state index contributed by atoms with van der Waals surface area (Å²) >= 11 is 7.08. The maximum atomic E-state index is 11.9. The second kappa shape index (κ2) is 5.04. The van der Waals surface area contributed by atoms with Crippen LogP contribution in [0.3, 0.4) is 0 Å². The van der Waals surface area contributed by atoms with E-state index >= 15 is 0 Å². The molecule has 18 heavy (non-hydrogen) atoms. The molecule has 0 radical (unpaired) electrons. The molecule has 0 aliphatic carbocycles. The summed E-state index contributed by atoms with van der Waals surface area (Å²) in [6.07, 6.45) is 1.71. The second-order valence-corrected chi connectivity index (χ2v) is 4.53. The van der Waals surface area contributed by atoms with Crippen LogP contribution in [-0.4, -0.2) is 17.0 Å². The zero-order valence-electron chi connectivity index (χ0n) is 9.74. The van der Waals surface area contributed by atoms with Gasteiger partial charge in [0.05, 0.1) is 22.6 Å². The molecule has 0 bridgehead atoms. The predicted molar refractivity (Wildman–Crippen MR) is 73.7 cm³/mol. The largest absolute Gasteiger partial charge is 0.424 e. The van der Waals surface area contributed by atoms with E-state index in [-0.39, 0.29) is 17.1 Å². The molecule has 0 unspecified atom stereocenters. The molecular weight excluding hydrogens is 274 g/mol. The minimum absolute atomic E-state index is 0.0131. The van der Waals surface area contributed by atoms with E-state index in [9.17, 15) is 9.59 Å². The first-order valence-electron chi connectivity index (χ1n) is 5.12. The molecular formula is C12H10ClNO3S. The SMILES string of the molecule is CSOc1c(C(C)=O)c(=O)[nH]c2c(Cl)cccc12. The first-order valence-corrected chi connectivity index (χ1v) is 6.65. The number of benzene rings is 1. The van der Waals surface area contributed by atoms with Crippen molar-refractivity contribution >= 4 is 40.3 Å². The molecule has 1 N–H and O–H groups in total. The molecule has 0 fully saturated rings. The number of aromatic amines is 1. The van der Waals surface area contributed by atoms with Crippen LogP contribution in [-0.2, 0) is 0 Å². The molecule has 2 rings (SSSR count). The van der Waals surface area contributed by atoms with Crippen LogP contribution in [0.2, 0.25) is 5.02 Å². The van der Waals surface area contributed by atoms with Gasteiger partial charge in [-0.2, -0.15) is 0 Å². The third kappa shape index (κ3) is 2.11.